The molecule has 4 atom stereocenters. The number of hydrogen-bond acceptors (Lipinski definition) is 5. The predicted octanol–water partition coefficient (Wildman–Crippen LogP) is 4.13. The van der Waals surface area contributed by atoms with Crippen molar-refractivity contribution >= 4 is 0 Å². The van der Waals surface area contributed by atoms with Gasteiger partial charge in [0.05, 0.1) is 13.2 Å². The van der Waals surface area contributed by atoms with Crippen LogP contribution in [-0.4, -0.2) is 59.6 Å². The van der Waals surface area contributed by atoms with Gasteiger partial charge in [-0.05, 0) is 25.7 Å². The van der Waals surface area contributed by atoms with Crippen molar-refractivity contribution < 1.29 is 24.8 Å². The Bertz CT molecular complexity index is 374. The van der Waals surface area contributed by atoms with Crippen molar-refractivity contribution in [1.29, 1.82) is 0 Å². The van der Waals surface area contributed by atoms with Crippen LogP contribution in [0.15, 0.2) is 12.2 Å². The Morgan fingerprint density at radius 1 is 0.893 bits per heavy atom. The molecule has 1 aliphatic rings. The van der Waals surface area contributed by atoms with Gasteiger partial charge >= 0.3 is 0 Å². The molecule has 1 saturated heterocycles. The van der Waals surface area contributed by atoms with Crippen LogP contribution in [0.2, 0.25) is 0 Å². The van der Waals surface area contributed by atoms with Gasteiger partial charge in [0.15, 0.2) is 0 Å². The number of hydrogen-bond donors (Lipinski definition) is 3. The minimum Gasteiger partial charge on any atom is -0.388 e. The lowest BCUT2D eigenvalue weighted by Gasteiger charge is -2.20. The van der Waals surface area contributed by atoms with Crippen LogP contribution < -0.4 is 0 Å². The summed E-state index contributed by atoms with van der Waals surface area (Å²) in [6.45, 7) is 3.07. The second-order valence-corrected chi connectivity index (χ2v) is 8.08. The van der Waals surface area contributed by atoms with E-state index in [9.17, 15) is 15.3 Å². The van der Waals surface area contributed by atoms with Crippen LogP contribution in [-0.2, 0) is 9.47 Å². The zero-order chi connectivity index (χ0) is 20.5. The lowest BCUT2D eigenvalue weighted by atomic mass is 10.1. The summed E-state index contributed by atoms with van der Waals surface area (Å²) in [7, 11) is 0. The van der Waals surface area contributed by atoms with Gasteiger partial charge in [0.25, 0.3) is 0 Å². The van der Waals surface area contributed by atoms with E-state index in [4.69, 9.17) is 9.47 Å². The third-order valence-corrected chi connectivity index (χ3v) is 5.41. The minimum atomic E-state index is -1.03. The second-order valence-electron chi connectivity index (χ2n) is 8.08. The Hall–Kier alpha value is -0.460. The van der Waals surface area contributed by atoms with E-state index in [0.717, 1.165) is 12.8 Å². The van der Waals surface area contributed by atoms with E-state index in [1.54, 1.807) is 0 Å². The first-order valence-electron chi connectivity index (χ1n) is 11.5. The highest BCUT2D eigenvalue weighted by molar-refractivity contribution is 4.87. The summed E-state index contributed by atoms with van der Waals surface area (Å²) in [6.07, 6.45) is 17.6. The van der Waals surface area contributed by atoms with Crippen molar-refractivity contribution in [3.8, 4) is 0 Å². The van der Waals surface area contributed by atoms with Crippen molar-refractivity contribution in [3.63, 3.8) is 0 Å². The highest BCUT2D eigenvalue weighted by Crippen LogP contribution is 2.18. The van der Waals surface area contributed by atoms with Crippen LogP contribution in [0.1, 0.15) is 90.4 Å². The van der Waals surface area contributed by atoms with E-state index in [-0.39, 0.29) is 13.2 Å². The minimum absolute atomic E-state index is 0.0684. The smallest absolute Gasteiger partial charge is 0.114 e. The Morgan fingerprint density at radius 2 is 1.46 bits per heavy atom. The standard InChI is InChI=1S/C23H44O5/c1-2-3-4-5-6-7-8-9-10-11-12-13-14-15-16-17-27-18-21(25)23-22(26)20(24)19-28-23/h5-6,20-26H,2-4,7-19H2,1H3/b6-5+/t20-,21+,22-,23-/m1/s1. The van der Waals surface area contributed by atoms with Crippen molar-refractivity contribution in [1.82, 2.24) is 0 Å². The largest absolute Gasteiger partial charge is 0.388 e. The molecule has 1 rings (SSSR count). The molecule has 5 nitrogen and oxygen atoms in total. The van der Waals surface area contributed by atoms with Gasteiger partial charge in [-0.3, -0.25) is 0 Å². The number of allylic oxidation sites excluding steroid dienone is 2. The summed E-state index contributed by atoms with van der Waals surface area (Å²) in [6, 6.07) is 0. The van der Waals surface area contributed by atoms with Crippen LogP contribution in [0.5, 0.6) is 0 Å². The third-order valence-electron chi connectivity index (χ3n) is 5.41. The normalized spacial score (nSPS) is 23.6. The molecule has 1 fully saturated rings. The molecule has 0 saturated carbocycles. The van der Waals surface area contributed by atoms with Gasteiger partial charge in [-0.1, -0.05) is 76.9 Å². The Balaban J connectivity index is 1.78. The molecule has 28 heavy (non-hydrogen) atoms. The molecule has 0 aromatic rings. The maximum Gasteiger partial charge on any atom is 0.114 e. The van der Waals surface area contributed by atoms with Crippen LogP contribution in [0.3, 0.4) is 0 Å². The predicted molar refractivity (Wildman–Crippen MR) is 113 cm³/mol. The fourth-order valence-electron chi connectivity index (χ4n) is 3.52. The maximum atomic E-state index is 9.94. The first-order chi connectivity index (χ1) is 13.7. The Kier molecular flexibility index (Phi) is 15.9. The highest BCUT2D eigenvalue weighted by atomic mass is 16.5. The summed E-state index contributed by atoms with van der Waals surface area (Å²) in [5.74, 6) is 0. The highest BCUT2D eigenvalue weighted by Gasteiger charge is 2.39. The molecule has 0 bridgehead atoms. The summed E-state index contributed by atoms with van der Waals surface area (Å²) in [4.78, 5) is 0. The van der Waals surface area contributed by atoms with Gasteiger partial charge < -0.3 is 24.8 Å². The monoisotopic (exact) mass is 400 g/mol. The molecule has 0 aromatic carbocycles. The van der Waals surface area contributed by atoms with Crippen LogP contribution in [0, 0.1) is 0 Å². The summed E-state index contributed by atoms with van der Waals surface area (Å²) < 4.78 is 10.7. The molecular weight excluding hydrogens is 356 g/mol. The van der Waals surface area contributed by atoms with Gasteiger partial charge in [0.2, 0.25) is 0 Å². The molecule has 3 N–H and O–H groups in total. The van der Waals surface area contributed by atoms with Crippen molar-refractivity contribution in [2.45, 2.75) is 115 Å². The van der Waals surface area contributed by atoms with Crippen molar-refractivity contribution in [3.05, 3.63) is 12.2 Å². The molecule has 0 aliphatic carbocycles. The summed E-state index contributed by atoms with van der Waals surface area (Å²) in [5.41, 5.74) is 0. The lowest BCUT2D eigenvalue weighted by molar-refractivity contribution is -0.0813. The summed E-state index contributed by atoms with van der Waals surface area (Å²) >= 11 is 0. The Labute approximate surface area is 172 Å². The van der Waals surface area contributed by atoms with Crippen molar-refractivity contribution in [2.24, 2.45) is 0 Å². The molecule has 0 aromatic heterocycles. The number of aliphatic hydroxyl groups is 3. The van der Waals surface area contributed by atoms with Gasteiger partial charge in [0, 0.05) is 6.61 Å². The van der Waals surface area contributed by atoms with E-state index in [2.05, 4.69) is 19.1 Å². The quantitative estimate of drug-likeness (QED) is 0.238. The molecule has 1 heterocycles. The summed E-state index contributed by atoms with van der Waals surface area (Å²) in [5, 5.41) is 29.0. The SMILES string of the molecule is CCCC/C=C/CCCCCCCCCCCOC[C@H](O)[C@H]1OC[C@@H](O)[C@H]1O. The van der Waals surface area contributed by atoms with Crippen molar-refractivity contribution in [2.75, 3.05) is 19.8 Å². The van der Waals surface area contributed by atoms with E-state index in [1.165, 1.54) is 70.6 Å². The molecule has 5 heteroatoms. The number of unbranched alkanes of at least 4 members (excludes halogenated alkanes) is 11. The number of aliphatic hydroxyl groups excluding tert-OH is 3. The zero-order valence-electron chi connectivity index (χ0n) is 17.9. The average Bonchev–Trinajstić information content (AvgIpc) is 3.03. The van der Waals surface area contributed by atoms with Gasteiger partial charge in [-0.25, -0.2) is 0 Å². The lowest BCUT2D eigenvalue weighted by Crippen LogP contribution is -2.40. The van der Waals surface area contributed by atoms with E-state index in [0.29, 0.717) is 6.61 Å². The van der Waals surface area contributed by atoms with Crippen LogP contribution >= 0.6 is 0 Å². The molecule has 0 amide bonds. The molecule has 0 unspecified atom stereocenters. The zero-order valence-corrected chi connectivity index (χ0v) is 17.9. The Morgan fingerprint density at radius 3 is 2.04 bits per heavy atom. The number of rotatable bonds is 18. The van der Waals surface area contributed by atoms with Gasteiger partial charge in [-0.15, -0.1) is 0 Å². The second kappa shape index (κ2) is 17.4. The molecule has 0 spiro atoms. The van der Waals surface area contributed by atoms with Crippen LogP contribution in [0.4, 0.5) is 0 Å². The molecule has 0 radical (unpaired) electrons. The maximum absolute atomic E-state index is 9.94. The van der Waals surface area contributed by atoms with E-state index < -0.39 is 24.4 Å². The fourth-order valence-corrected chi connectivity index (χ4v) is 3.52. The fraction of sp³-hybridized carbons (Fsp3) is 0.913. The van der Waals surface area contributed by atoms with Crippen LogP contribution in [0.25, 0.3) is 0 Å². The van der Waals surface area contributed by atoms with E-state index in [1.807, 2.05) is 0 Å². The van der Waals surface area contributed by atoms with Gasteiger partial charge in [-0.2, -0.15) is 0 Å². The number of ether oxygens (including phenoxy) is 2. The third kappa shape index (κ3) is 12.2. The average molecular weight is 401 g/mol. The van der Waals surface area contributed by atoms with E-state index >= 15 is 0 Å². The molecule has 1 aliphatic heterocycles. The first-order valence-corrected chi connectivity index (χ1v) is 11.5. The topological polar surface area (TPSA) is 79.2 Å². The molecule has 166 valence electrons. The van der Waals surface area contributed by atoms with Gasteiger partial charge in [0.1, 0.15) is 24.4 Å². The first kappa shape index (κ1) is 25.6. The molecular formula is C23H44O5.